The summed E-state index contributed by atoms with van der Waals surface area (Å²) in [5, 5.41) is 14.3. The van der Waals surface area contributed by atoms with Gasteiger partial charge in [0.1, 0.15) is 0 Å². The molecule has 0 saturated heterocycles. The fourth-order valence-corrected chi connectivity index (χ4v) is 6.89. The quantitative estimate of drug-likeness (QED) is 0.0572. The lowest BCUT2D eigenvalue weighted by atomic mass is 10.1. The number of carbonyl (C=O) groups is 2. The zero-order valence-corrected chi connectivity index (χ0v) is 36.1. The first kappa shape index (κ1) is 50.5. The summed E-state index contributed by atoms with van der Waals surface area (Å²) < 4.78 is 19.2. The van der Waals surface area contributed by atoms with Gasteiger partial charge >= 0.3 is 0 Å². The molecule has 0 aromatic heterocycles. The summed E-state index contributed by atoms with van der Waals surface area (Å²) in [5.74, 6) is 0.894. The predicted octanol–water partition coefficient (Wildman–Crippen LogP) is 12.4. The van der Waals surface area contributed by atoms with Gasteiger partial charge in [-0.2, -0.15) is 0 Å². The van der Waals surface area contributed by atoms with Crippen LogP contribution in [-0.4, -0.2) is 56.4 Å². The third-order valence-corrected chi connectivity index (χ3v) is 10.4. The molecule has 0 radical (unpaired) electrons. The second kappa shape index (κ2) is 38.4. The van der Waals surface area contributed by atoms with Gasteiger partial charge in [0.15, 0.2) is 11.5 Å². The largest absolute Gasteiger partial charge is 0.490 e. The summed E-state index contributed by atoms with van der Waals surface area (Å²) in [7, 11) is 0. The van der Waals surface area contributed by atoms with E-state index in [1.54, 1.807) is 12.1 Å². The Morgan fingerprint density at radius 2 is 0.800 bits per heavy atom. The minimum atomic E-state index is -0.382. The molecule has 0 aliphatic carbocycles. The summed E-state index contributed by atoms with van der Waals surface area (Å²) in [6.07, 6.45) is 37.5. The van der Waals surface area contributed by atoms with Crippen LogP contribution < -0.4 is 24.8 Å². The van der Waals surface area contributed by atoms with Crippen LogP contribution in [0, 0.1) is 0 Å². The molecule has 8 heteroatoms. The first-order chi connectivity index (χ1) is 27.1. The molecular weight excluding hydrogens is 689 g/mol. The lowest BCUT2D eigenvalue weighted by Crippen LogP contribution is -2.38. The zero-order valence-electron chi connectivity index (χ0n) is 36.1. The van der Waals surface area contributed by atoms with Crippen molar-refractivity contribution >= 4 is 11.8 Å². The van der Waals surface area contributed by atoms with Gasteiger partial charge in [0.05, 0.1) is 33.0 Å². The molecule has 1 aromatic carbocycles. The van der Waals surface area contributed by atoms with Gasteiger partial charge < -0.3 is 30.0 Å². The minimum Gasteiger partial charge on any atom is -0.490 e. The number of unbranched alkanes of at least 4 members (excludes halogenated alkanes) is 27. The summed E-state index contributed by atoms with van der Waals surface area (Å²) >= 11 is 0. The molecule has 0 bridgehead atoms. The maximum absolute atomic E-state index is 13.3. The molecule has 0 heterocycles. The molecule has 0 fully saturated rings. The number of aliphatic hydroxyl groups is 1. The van der Waals surface area contributed by atoms with Crippen molar-refractivity contribution in [2.45, 2.75) is 213 Å². The highest BCUT2D eigenvalue weighted by atomic mass is 16.5. The highest BCUT2D eigenvalue weighted by Crippen LogP contribution is 2.40. The summed E-state index contributed by atoms with van der Waals surface area (Å²) in [6, 6.07) is 3.47. The standard InChI is InChI=1S/C47H86N2O6/c1-4-7-10-13-16-19-22-25-28-31-36-53-43-39-42(47(52)49-41-45(51)48-34-35-50)40-44(54-37-32-29-26-23-20-17-14-11-8-5-2)46(43)55-38-33-30-27-24-21-18-15-12-9-6-3/h39-40,50H,4-38,41H2,1-3H3,(H,48,51)(H,49,52). The van der Waals surface area contributed by atoms with Gasteiger partial charge in [-0.15, -0.1) is 0 Å². The van der Waals surface area contributed by atoms with Crippen molar-refractivity contribution in [1.29, 1.82) is 0 Å². The number of rotatable bonds is 41. The van der Waals surface area contributed by atoms with Crippen LogP contribution in [0.4, 0.5) is 0 Å². The Hall–Kier alpha value is -2.48. The molecule has 0 aliphatic rings. The first-order valence-electron chi connectivity index (χ1n) is 23.3. The molecule has 0 atom stereocenters. The van der Waals surface area contributed by atoms with Crippen LogP contribution in [0.2, 0.25) is 0 Å². The molecule has 0 unspecified atom stereocenters. The van der Waals surface area contributed by atoms with E-state index in [-0.39, 0.29) is 31.5 Å². The van der Waals surface area contributed by atoms with E-state index in [9.17, 15) is 9.59 Å². The number of benzene rings is 1. The molecule has 1 rings (SSSR count). The minimum absolute atomic E-state index is 0.147. The van der Waals surface area contributed by atoms with Crippen molar-refractivity contribution < 1.29 is 28.9 Å². The highest BCUT2D eigenvalue weighted by Gasteiger charge is 2.20. The smallest absolute Gasteiger partial charge is 0.251 e. The molecule has 0 spiro atoms. The molecule has 1 aromatic rings. The van der Waals surface area contributed by atoms with Crippen LogP contribution >= 0.6 is 0 Å². The Balaban J connectivity index is 2.90. The number of amides is 2. The van der Waals surface area contributed by atoms with E-state index in [1.807, 2.05) is 0 Å². The average molecular weight is 775 g/mol. The third kappa shape index (κ3) is 29.4. The van der Waals surface area contributed by atoms with Crippen molar-refractivity contribution in [3.05, 3.63) is 17.7 Å². The van der Waals surface area contributed by atoms with Crippen molar-refractivity contribution in [1.82, 2.24) is 10.6 Å². The average Bonchev–Trinajstić information content (AvgIpc) is 3.19. The van der Waals surface area contributed by atoms with E-state index in [0.717, 1.165) is 38.5 Å². The summed E-state index contributed by atoms with van der Waals surface area (Å²) in [6.45, 7) is 8.24. The maximum Gasteiger partial charge on any atom is 0.251 e. The molecular formula is C47H86N2O6. The topological polar surface area (TPSA) is 106 Å². The Bertz CT molecular complexity index is 988. The fourth-order valence-electron chi connectivity index (χ4n) is 6.89. The Morgan fingerprint density at radius 1 is 0.473 bits per heavy atom. The van der Waals surface area contributed by atoms with Crippen molar-refractivity contribution in [3.63, 3.8) is 0 Å². The summed E-state index contributed by atoms with van der Waals surface area (Å²) in [5.41, 5.74) is 0.373. The molecule has 320 valence electrons. The van der Waals surface area contributed by atoms with E-state index in [2.05, 4.69) is 31.4 Å². The maximum atomic E-state index is 13.3. The fraction of sp³-hybridized carbons (Fsp3) is 0.830. The normalized spacial score (nSPS) is 11.1. The Kier molecular flexibility index (Phi) is 35.3. The van der Waals surface area contributed by atoms with Gasteiger partial charge in [0.2, 0.25) is 11.7 Å². The number of hydrogen-bond donors (Lipinski definition) is 3. The lowest BCUT2D eigenvalue weighted by Gasteiger charge is -2.19. The number of aliphatic hydroxyl groups excluding tert-OH is 1. The monoisotopic (exact) mass is 775 g/mol. The van der Waals surface area contributed by atoms with Gasteiger partial charge in [-0.3, -0.25) is 9.59 Å². The van der Waals surface area contributed by atoms with E-state index in [4.69, 9.17) is 19.3 Å². The van der Waals surface area contributed by atoms with E-state index >= 15 is 0 Å². The highest BCUT2D eigenvalue weighted by molar-refractivity contribution is 5.97. The second-order valence-corrected chi connectivity index (χ2v) is 15.6. The lowest BCUT2D eigenvalue weighted by molar-refractivity contribution is -0.120. The van der Waals surface area contributed by atoms with Gasteiger partial charge in [0.25, 0.3) is 5.91 Å². The second-order valence-electron chi connectivity index (χ2n) is 15.6. The molecule has 0 aliphatic heterocycles. The number of carbonyl (C=O) groups excluding carboxylic acids is 2. The Labute approximate surface area is 338 Å². The van der Waals surface area contributed by atoms with Crippen LogP contribution in [0.25, 0.3) is 0 Å². The van der Waals surface area contributed by atoms with Crippen molar-refractivity contribution in [2.75, 3.05) is 39.5 Å². The van der Waals surface area contributed by atoms with Gasteiger partial charge in [-0.25, -0.2) is 0 Å². The number of ether oxygens (including phenoxy) is 3. The van der Waals surface area contributed by atoms with Gasteiger partial charge in [-0.05, 0) is 31.4 Å². The Morgan fingerprint density at radius 3 is 1.15 bits per heavy atom. The molecule has 0 saturated carbocycles. The van der Waals surface area contributed by atoms with Crippen LogP contribution in [0.5, 0.6) is 17.2 Å². The molecule has 3 N–H and O–H groups in total. The number of hydrogen-bond acceptors (Lipinski definition) is 6. The van der Waals surface area contributed by atoms with Gasteiger partial charge in [-0.1, -0.05) is 194 Å². The van der Waals surface area contributed by atoms with Crippen molar-refractivity contribution in [2.24, 2.45) is 0 Å². The van der Waals surface area contributed by atoms with Gasteiger partial charge in [0, 0.05) is 12.1 Å². The third-order valence-electron chi connectivity index (χ3n) is 10.4. The van der Waals surface area contributed by atoms with Crippen LogP contribution in [0.1, 0.15) is 224 Å². The van der Waals surface area contributed by atoms with Crippen molar-refractivity contribution in [3.8, 4) is 17.2 Å². The van der Waals surface area contributed by atoms with E-state index in [1.165, 1.54) is 154 Å². The molecule has 2 amide bonds. The molecule has 8 nitrogen and oxygen atoms in total. The first-order valence-corrected chi connectivity index (χ1v) is 23.3. The number of nitrogens with one attached hydrogen (secondary N) is 2. The van der Waals surface area contributed by atoms with E-state index < -0.39 is 0 Å². The summed E-state index contributed by atoms with van der Waals surface area (Å²) in [4.78, 5) is 25.5. The predicted molar refractivity (Wildman–Crippen MR) is 231 cm³/mol. The van der Waals surface area contributed by atoms with Crippen LogP contribution in [0.3, 0.4) is 0 Å². The molecule has 55 heavy (non-hydrogen) atoms. The zero-order chi connectivity index (χ0) is 39.9. The van der Waals surface area contributed by atoms with Crippen LogP contribution in [0.15, 0.2) is 12.1 Å². The van der Waals surface area contributed by atoms with E-state index in [0.29, 0.717) is 42.6 Å². The SMILES string of the molecule is CCCCCCCCCCCCOc1cc(C(=O)NCC(=O)NCCO)cc(OCCCCCCCCCCCC)c1OCCCCCCCCCCCC. The van der Waals surface area contributed by atoms with Crippen LogP contribution in [-0.2, 0) is 4.79 Å².